The molecule has 17 heavy (non-hydrogen) atoms. The number of halogens is 1. The Bertz CT molecular complexity index is 361. The number of nitrogens with one attached hydrogen (secondary N) is 1. The number of hydrogen-bond acceptors (Lipinski definition) is 2. The van der Waals surface area contributed by atoms with Gasteiger partial charge in [-0.1, -0.05) is 6.07 Å². The first-order valence-corrected chi connectivity index (χ1v) is 6.29. The van der Waals surface area contributed by atoms with Crippen molar-refractivity contribution in [1.29, 1.82) is 0 Å². The molecule has 1 aliphatic heterocycles. The zero-order valence-electron chi connectivity index (χ0n) is 10.3. The monoisotopic (exact) mass is 237 g/mol. The van der Waals surface area contributed by atoms with Crippen LogP contribution in [0.25, 0.3) is 0 Å². The van der Waals surface area contributed by atoms with Crippen molar-refractivity contribution in [2.24, 2.45) is 5.92 Å². The first-order valence-electron chi connectivity index (χ1n) is 6.29. The van der Waals surface area contributed by atoms with E-state index >= 15 is 0 Å². The minimum Gasteiger partial charge on any atom is -0.376 e. The number of ether oxygens (including phenoxy) is 1. The highest BCUT2D eigenvalue weighted by Crippen LogP contribution is 2.15. The second kappa shape index (κ2) is 6.12. The van der Waals surface area contributed by atoms with E-state index in [1.54, 1.807) is 12.1 Å². The van der Waals surface area contributed by atoms with E-state index in [0.717, 1.165) is 30.8 Å². The summed E-state index contributed by atoms with van der Waals surface area (Å²) in [6, 6.07) is 4.86. The van der Waals surface area contributed by atoms with Crippen LogP contribution in [0.4, 0.5) is 4.39 Å². The molecule has 1 fully saturated rings. The SMILES string of the molecule is Cc1ccc(F)cc1COCC1CCNCC1. The van der Waals surface area contributed by atoms with Crippen LogP contribution in [0.1, 0.15) is 24.0 Å². The van der Waals surface area contributed by atoms with Gasteiger partial charge in [0.2, 0.25) is 0 Å². The molecular formula is C14H20FNO. The maximum absolute atomic E-state index is 13.1. The van der Waals surface area contributed by atoms with E-state index in [2.05, 4.69) is 5.32 Å². The van der Waals surface area contributed by atoms with E-state index in [1.807, 2.05) is 6.92 Å². The molecule has 3 heteroatoms. The summed E-state index contributed by atoms with van der Waals surface area (Å²) in [7, 11) is 0. The van der Waals surface area contributed by atoms with Crippen molar-refractivity contribution < 1.29 is 9.13 Å². The molecule has 0 atom stereocenters. The van der Waals surface area contributed by atoms with Crippen LogP contribution in [-0.2, 0) is 11.3 Å². The van der Waals surface area contributed by atoms with Gasteiger partial charge in [0.15, 0.2) is 0 Å². The van der Waals surface area contributed by atoms with Crippen LogP contribution in [0.2, 0.25) is 0 Å². The first-order chi connectivity index (χ1) is 8.25. The van der Waals surface area contributed by atoms with Gasteiger partial charge in [0, 0.05) is 6.61 Å². The summed E-state index contributed by atoms with van der Waals surface area (Å²) in [5.74, 6) is 0.473. The van der Waals surface area contributed by atoms with Gasteiger partial charge in [0.05, 0.1) is 6.61 Å². The summed E-state index contributed by atoms with van der Waals surface area (Å²) in [6.45, 7) is 5.48. The minimum atomic E-state index is -0.184. The van der Waals surface area contributed by atoms with Crippen molar-refractivity contribution in [2.45, 2.75) is 26.4 Å². The van der Waals surface area contributed by atoms with Crippen LogP contribution in [0.15, 0.2) is 18.2 Å². The van der Waals surface area contributed by atoms with Gasteiger partial charge < -0.3 is 10.1 Å². The average Bonchev–Trinajstić information content (AvgIpc) is 2.35. The maximum atomic E-state index is 13.1. The van der Waals surface area contributed by atoms with Crippen LogP contribution in [0.5, 0.6) is 0 Å². The van der Waals surface area contributed by atoms with Crippen LogP contribution >= 0.6 is 0 Å². The predicted molar refractivity (Wildman–Crippen MR) is 66.4 cm³/mol. The van der Waals surface area contributed by atoms with Crippen molar-refractivity contribution >= 4 is 0 Å². The highest BCUT2D eigenvalue weighted by Gasteiger charge is 2.13. The van der Waals surface area contributed by atoms with E-state index in [9.17, 15) is 4.39 Å². The zero-order chi connectivity index (χ0) is 12.1. The van der Waals surface area contributed by atoms with Crippen molar-refractivity contribution in [3.05, 3.63) is 35.1 Å². The number of piperidine rings is 1. The van der Waals surface area contributed by atoms with Gasteiger partial charge in [-0.3, -0.25) is 0 Å². The molecule has 0 unspecified atom stereocenters. The lowest BCUT2D eigenvalue weighted by Gasteiger charge is -2.22. The third kappa shape index (κ3) is 3.79. The van der Waals surface area contributed by atoms with Crippen LogP contribution < -0.4 is 5.32 Å². The van der Waals surface area contributed by atoms with Crippen molar-refractivity contribution in [2.75, 3.05) is 19.7 Å². The normalized spacial score (nSPS) is 17.3. The Labute approximate surface area is 102 Å². The second-order valence-corrected chi connectivity index (χ2v) is 4.78. The minimum absolute atomic E-state index is 0.184. The summed E-state index contributed by atoms with van der Waals surface area (Å²) < 4.78 is 18.8. The van der Waals surface area contributed by atoms with Crippen LogP contribution in [-0.4, -0.2) is 19.7 Å². The third-order valence-corrected chi connectivity index (χ3v) is 3.38. The molecule has 0 bridgehead atoms. The molecule has 2 nitrogen and oxygen atoms in total. The summed E-state index contributed by atoms with van der Waals surface area (Å²) in [6.07, 6.45) is 2.37. The molecule has 1 aromatic rings. The lowest BCUT2D eigenvalue weighted by Crippen LogP contribution is -2.29. The van der Waals surface area contributed by atoms with E-state index in [1.165, 1.54) is 18.9 Å². The van der Waals surface area contributed by atoms with E-state index in [-0.39, 0.29) is 5.82 Å². The topological polar surface area (TPSA) is 21.3 Å². The standard InChI is InChI=1S/C14H20FNO/c1-11-2-3-14(15)8-13(11)10-17-9-12-4-6-16-7-5-12/h2-3,8,12,16H,4-7,9-10H2,1H3. The molecule has 2 rings (SSSR count). The van der Waals surface area contributed by atoms with Gasteiger partial charge >= 0.3 is 0 Å². The largest absolute Gasteiger partial charge is 0.376 e. The van der Waals surface area contributed by atoms with Gasteiger partial charge in [0.25, 0.3) is 0 Å². The van der Waals surface area contributed by atoms with Crippen molar-refractivity contribution in [3.8, 4) is 0 Å². The van der Waals surface area contributed by atoms with E-state index in [0.29, 0.717) is 12.5 Å². The average molecular weight is 237 g/mol. The maximum Gasteiger partial charge on any atom is 0.123 e. The molecule has 0 spiro atoms. The van der Waals surface area contributed by atoms with Gasteiger partial charge in [0.1, 0.15) is 5.82 Å². The fourth-order valence-corrected chi connectivity index (χ4v) is 2.18. The number of rotatable bonds is 4. The Morgan fingerprint density at radius 3 is 2.88 bits per heavy atom. The Morgan fingerprint density at radius 2 is 2.12 bits per heavy atom. The lowest BCUT2D eigenvalue weighted by molar-refractivity contribution is 0.0759. The highest BCUT2D eigenvalue weighted by molar-refractivity contribution is 5.25. The second-order valence-electron chi connectivity index (χ2n) is 4.78. The fraction of sp³-hybridized carbons (Fsp3) is 0.571. The molecule has 1 saturated heterocycles. The molecule has 0 amide bonds. The van der Waals surface area contributed by atoms with Gasteiger partial charge in [-0.25, -0.2) is 4.39 Å². The highest BCUT2D eigenvalue weighted by atomic mass is 19.1. The molecular weight excluding hydrogens is 217 g/mol. The first kappa shape index (κ1) is 12.5. The molecule has 94 valence electrons. The molecule has 0 saturated carbocycles. The Kier molecular flexibility index (Phi) is 4.51. The van der Waals surface area contributed by atoms with E-state index in [4.69, 9.17) is 4.74 Å². The fourth-order valence-electron chi connectivity index (χ4n) is 2.18. The Hall–Kier alpha value is -0.930. The number of aryl methyl sites for hydroxylation is 1. The molecule has 0 aromatic heterocycles. The molecule has 1 aliphatic rings. The molecule has 0 radical (unpaired) electrons. The van der Waals surface area contributed by atoms with Gasteiger partial charge in [-0.2, -0.15) is 0 Å². The lowest BCUT2D eigenvalue weighted by atomic mass is 9.99. The van der Waals surface area contributed by atoms with Crippen molar-refractivity contribution in [3.63, 3.8) is 0 Å². The summed E-state index contributed by atoms with van der Waals surface area (Å²) >= 11 is 0. The number of benzene rings is 1. The number of hydrogen-bond donors (Lipinski definition) is 1. The van der Waals surface area contributed by atoms with Gasteiger partial charge in [-0.15, -0.1) is 0 Å². The molecule has 1 N–H and O–H groups in total. The molecule has 0 aliphatic carbocycles. The Morgan fingerprint density at radius 1 is 1.35 bits per heavy atom. The summed E-state index contributed by atoms with van der Waals surface area (Å²) in [5.41, 5.74) is 2.05. The van der Waals surface area contributed by atoms with Crippen LogP contribution in [0, 0.1) is 18.7 Å². The van der Waals surface area contributed by atoms with E-state index < -0.39 is 0 Å². The third-order valence-electron chi connectivity index (χ3n) is 3.38. The van der Waals surface area contributed by atoms with Gasteiger partial charge in [-0.05, 0) is 62.0 Å². The zero-order valence-corrected chi connectivity index (χ0v) is 10.3. The van der Waals surface area contributed by atoms with Crippen molar-refractivity contribution in [1.82, 2.24) is 5.32 Å². The quantitative estimate of drug-likeness (QED) is 0.869. The Balaban J connectivity index is 1.79. The summed E-state index contributed by atoms with van der Waals surface area (Å²) in [4.78, 5) is 0. The summed E-state index contributed by atoms with van der Waals surface area (Å²) in [5, 5.41) is 3.33. The van der Waals surface area contributed by atoms with Crippen LogP contribution in [0.3, 0.4) is 0 Å². The molecule has 1 aromatic carbocycles. The smallest absolute Gasteiger partial charge is 0.123 e. The predicted octanol–water partition coefficient (Wildman–Crippen LogP) is 2.65. The molecule has 1 heterocycles.